The molecule has 0 fully saturated rings. The minimum absolute atomic E-state index is 0.00466. The SMILES string of the molecule is Cc1cc(Br)ccc1OCC(=O)NCc1ccccn1. The molecule has 0 spiro atoms. The van der Waals surface area contributed by atoms with E-state index in [0.717, 1.165) is 15.7 Å². The lowest BCUT2D eigenvalue weighted by atomic mass is 10.2. The lowest BCUT2D eigenvalue weighted by Crippen LogP contribution is -2.28. The van der Waals surface area contributed by atoms with Gasteiger partial charge in [0.1, 0.15) is 5.75 Å². The second-order valence-electron chi connectivity index (χ2n) is 4.30. The van der Waals surface area contributed by atoms with Crippen LogP contribution in [0.4, 0.5) is 0 Å². The topological polar surface area (TPSA) is 51.2 Å². The molecule has 1 aromatic carbocycles. The Morgan fingerprint density at radius 1 is 1.35 bits per heavy atom. The normalized spacial score (nSPS) is 10.1. The van der Waals surface area contributed by atoms with Crippen molar-refractivity contribution in [3.05, 3.63) is 58.3 Å². The summed E-state index contributed by atoms with van der Waals surface area (Å²) >= 11 is 3.39. The van der Waals surface area contributed by atoms with Crippen LogP contribution in [-0.4, -0.2) is 17.5 Å². The fraction of sp³-hybridized carbons (Fsp3) is 0.200. The number of hydrogen-bond acceptors (Lipinski definition) is 3. The fourth-order valence-corrected chi connectivity index (χ4v) is 2.14. The molecule has 0 atom stereocenters. The Morgan fingerprint density at radius 3 is 2.90 bits per heavy atom. The van der Waals surface area contributed by atoms with E-state index < -0.39 is 0 Å². The summed E-state index contributed by atoms with van der Waals surface area (Å²) in [7, 11) is 0. The van der Waals surface area contributed by atoms with E-state index in [1.165, 1.54) is 0 Å². The third-order valence-corrected chi connectivity index (χ3v) is 3.18. The summed E-state index contributed by atoms with van der Waals surface area (Å²) < 4.78 is 6.48. The Hall–Kier alpha value is -1.88. The first-order chi connectivity index (χ1) is 9.65. The van der Waals surface area contributed by atoms with Crippen molar-refractivity contribution in [2.75, 3.05) is 6.61 Å². The lowest BCUT2D eigenvalue weighted by molar-refractivity contribution is -0.123. The van der Waals surface area contributed by atoms with E-state index in [2.05, 4.69) is 26.2 Å². The molecule has 0 aliphatic carbocycles. The van der Waals surface area contributed by atoms with Gasteiger partial charge in [-0.25, -0.2) is 0 Å². The fourth-order valence-electron chi connectivity index (χ4n) is 1.66. The zero-order valence-electron chi connectivity index (χ0n) is 11.1. The number of benzene rings is 1. The molecule has 1 N–H and O–H groups in total. The van der Waals surface area contributed by atoms with E-state index in [0.29, 0.717) is 12.3 Å². The molecule has 2 rings (SSSR count). The highest BCUT2D eigenvalue weighted by atomic mass is 79.9. The van der Waals surface area contributed by atoms with Crippen LogP contribution in [-0.2, 0) is 11.3 Å². The molecular weight excluding hydrogens is 320 g/mol. The van der Waals surface area contributed by atoms with E-state index >= 15 is 0 Å². The highest BCUT2D eigenvalue weighted by Crippen LogP contribution is 2.21. The summed E-state index contributed by atoms with van der Waals surface area (Å²) in [5, 5.41) is 2.76. The van der Waals surface area contributed by atoms with Crippen molar-refractivity contribution in [2.24, 2.45) is 0 Å². The molecule has 20 heavy (non-hydrogen) atoms. The van der Waals surface area contributed by atoms with Gasteiger partial charge in [-0.05, 0) is 42.8 Å². The Labute approximate surface area is 126 Å². The summed E-state index contributed by atoms with van der Waals surface area (Å²) in [6, 6.07) is 11.3. The van der Waals surface area contributed by atoms with E-state index in [4.69, 9.17) is 4.74 Å². The van der Waals surface area contributed by atoms with Gasteiger partial charge >= 0.3 is 0 Å². The van der Waals surface area contributed by atoms with Crippen LogP contribution >= 0.6 is 15.9 Å². The molecule has 2 aromatic rings. The highest BCUT2D eigenvalue weighted by Gasteiger charge is 2.05. The van der Waals surface area contributed by atoms with Crippen LogP contribution in [0.2, 0.25) is 0 Å². The largest absolute Gasteiger partial charge is 0.484 e. The van der Waals surface area contributed by atoms with Crippen LogP contribution in [0.5, 0.6) is 5.75 Å². The minimum Gasteiger partial charge on any atom is -0.484 e. The van der Waals surface area contributed by atoms with Crippen LogP contribution in [0, 0.1) is 6.92 Å². The third-order valence-electron chi connectivity index (χ3n) is 2.69. The first-order valence-corrected chi connectivity index (χ1v) is 7.00. The quantitative estimate of drug-likeness (QED) is 0.914. The number of ether oxygens (including phenoxy) is 1. The number of amides is 1. The van der Waals surface area contributed by atoms with Crippen LogP contribution in [0.25, 0.3) is 0 Å². The van der Waals surface area contributed by atoms with Crippen LogP contribution in [0.15, 0.2) is 47.1 Å². The maximum Gasteiger partial charge on any atom is 0.258 e. The van der Waals surface area contributed by atoms with Gasteiger partial charge in [0.15, 0.2) is 6.61 Å². The van der Waals surface area contributed by atoms with Crippen LogP contribution < -0.4 is 10.1 Å². The second-order valence-corrected chi connectivity index (χ2v) is 5.21. The second kappa shape index (κ2) is 7.05. The van der Waals surface area contributed by atoms with E-state index in [-0.39, 0.29) is 12.5 Å². The van der Waals surface area contributed by atoms with Crippen molar-refractivity contribution in [3.8, 4) is 5.75 Å². The highest BCUT2D eigenvalue weighted by molar-refractivity contribution is 9.10. The molecule has 5 heteroatoms. The molecule has 0 unspecified atom stereocenters. The smallest absolute Gasteiger partial charge is 0.258 e. The summed E-state index contributed by atoms with van der Waals surface area (Å²) in [4.78, 5) is 15.8. The van der Waals surface area contributed by atoms with Gasteiger partial charge in [-0.3, -0.25) is 9.78 Å². The molecule has 1 aromatic heterocycles. The molecule has 0 aliphatic rings. The predicted octanol–water partition coefficient (Wildman–Crippen LogP) is 2.85. The number of aromatic nitrogens is 1. The molecule has 1 amide bonds. The van der Waals surface area contributed by atoms with Crippen LogP contribution in [0.1, 0.15) is 11.3 Å². The Balaban J connectivity index is 1.80. The number of pyridine rings is 1. The van der Waals surface area contributed by atoms with E-state index in [9.17, 15) is 4.79 Å². The number of carbonyl (C=O) groups is 1. The van der Waals surface area contributed by atoms with Crippen molar-refractivity contribution in [2.45, 2.75) is 13.5 Å². The number of carbonyl (C=O) groups excluding carboxylic acids is 1. The standard InChI is InChI=1S/C15H15BrN2O2/c1-11-8-12(16)5-6-14(11)20-10-15(19)18-9-13-4-2-3-7-17-13/h2-8H,9-10H2,1H3,(H,18,19). The average Bonchev–Trinajstić information content (AvgIpc) is 2.45. The van der Waals surface area contributed by atoms with Gasteiger partial charge < -0.3 is 10.1 Å². The van der Waals surface area contributed by atoms with E-state index in [1.807, 2.05) is 43.3 Å². The zero-order valence-corrected chi connectivity index (χ0v) is 12.7. The summed E-state index contributed by atoms with van der Waals surface area (Å²) in [6.45, 7) is 2.34. The summed E-state index contributed by atoms with van der Waals surface area (Å²) in [5.41, 5.74) is 1.80. The third kappa shape index (κ3) is 4.35. The van der Waals surface area contributed by atoms with Crippen LogP contribution in [0.3, 0.4) is 0 Å². The van der Waals surface area contributed by atoms with Crippen molar-refractivity contribution >= 4 is 21.8 Å². The molecule has 1 heterocycles. The number of hydrogen-bond donors (Lipinski definition) is 1. The van der Waals surface area contributed by atoms with E-state index in [1.54, 1.807) is 6.20 Å². The van der Waals surface area contributed by atoms with Gasteiger partial charge in [-0.2, -0.15) is 0 Å². The monoisotopic (exact) mass is 334 g/mol. The molecule has 0 bridgehead atoms. The molecule has 4 nitrogen and oxygen atoms in total. The maximum absolute atomic E-state index is 11.7. The van der Waals surface area contributed by atoms with Crippen molar-refractivity contribution in [1.29, 1.82) is 0 Å². The Bertz CT molecular complexity index is 588. The number of nitrogens with zero attached hydrogens (tertiary/aromatic N) is 1. The van der Waals surface area contributed by atoms with Crippen molar-refractivity contribution in [1.82, 2.24) is 10.3 Å². The molecule has 0 saturated heterocycles. The molecule has 0 radical (unpaired) electrons. The number of aryl methyl sites for hydroxylation is 1. The Morgan fingerprint density at radius 2 is 2.20 bits per heavy atom. The predicted molar refractivity (Wildman–Crippen MR) is 80.5 cm³/mol. The van der Waals surface area contributed by atoms with Crippen molar-refractivity contribution < 1.29 is 9.53 Å². The average molecular weight is 335 g/mol. The number of halogens is 1. The molecular formula is C15H15BrN2O2. The van der Waals surface area contributed by atoms with Gasteiger partial charge in [0.2, 0.25) is 0 Å². The van der Waals surface area contributed by atoms with Crippen molar-refractivity contribution in [3.63, 3.8) is 0 Å². The maximum atomic E-state index is 11.7. The molecule has 0 saturated carbocycles. The minimum atomic E-state index is -0.169. The summed E-state index contributed by atoms with van der Waals surface area (Å²) in [5.74, 6) is 0.541. The first kappa shape index (κ1) is 14.5. The molecule has 0 aliphatic heterocycles. The Kier molecular flexibility index (Phi) is 5.12. The lowest BCUT2D eigenvalue weighted by Gasteiger charge is -2.09. The number of nitrogens with one attached hydrogen (secondary N) is 1. The van der Waals surface area contributed by atoms with Gasteiger partial charge in [0.05, 0.1) is 12.2 Å². The summed E-state index contributed by atoms with van der Waals surface area (Å²) in [6.07, 6.45) is 1.70. The zero-order chi connectivity index (χ0) is 14.4. The number of rotatable bonds is 5. The first-order valence-electron chi connectivity index (χ1n) is 6.21. The van der Waals surface area contributed by atoms with Gasteiger partial charge in [-0.1, -0.05) is 22.0 Å². The van der Waals surface area contributed by atoms with Gasteiger partial charge in [0.25, 0.3) is 5.91 Å². The molecule has 104 valence electrons. The van der Waals surface area contributed by atoms with Gasteiger partial charge in [-0.15, -0.1) is 0 Å². The van der Waals surface area contributed by atoms with Gasteiger partial charge in [0, 0.05) is 10.7 Å².